The van der Waals surface area contributed by atoms with Crippen molar-refractivity contribution in [1.82, 2.24) is 5.32 Å². The molecule has 2 aliphatic rings. The number of benzene rings is 1. The lowest BCUT2D eigenvalue weighted by molar-refractivity contribution is -0.118. The quantitative estimate of drug-likeness (QED) is 0.726. The standard InChI is InChI=1S/C11H11BrN4O2/c12-9-7(16-4-3-14-11(16)13)2-1-6-10(9)18-5-8(17)15-6/h1-2H,3-5H2,(H2,13,14)(H,15,17). The van der Waals surface area contributed by atoms with Crippen LogP contribution in [0.1, 0.15) is 0 Å². The number of hydrogen-bond acceptors (Lipinski definition) is 3. The van der Waals surface area contributed by atoms with Crippen molar-refractivity contribution in [1.29, 1.82) is 5.41 Å². The molecule has 0 bridgehead atoms. The second-order valence-electron chi connectivity index (χ2n) is 4.04. The number of nitrogens with one attached hydrogen (secondary N) is 3. The summed E-state index contributed by atoms with van der Waals surface area (Å²) in [5, 5.41) is 13.5. The maximum atomic E-state index is 11.2. The molecule has 2 heterocycles. The number of anilines is 2. The van der Waals surface area contributed by atoms with Gasteiger partial charge in [-0.15, -0.1) is 0 Å². The summed E-state index contributed by atoms with van der Waals surface area (Å²) >= 11 is 3.48. The molecule has 0 atom stereocenters. The average molecular weight is 311 g/mol. The molecule has 1 aromatic carbocycles. The number of ether oxygens (including phenoxy) is 1. The van der Waals surface area contributed by atoms with E-state index in [9.17, 15) is 4.79 Å². The monoisotopic (exact) mass is 310 g/mol. The zero-order chi connectivity index (χ0) is 12.7. The van der Waals surface area contributed by atoms with Crippen LogP contribution in [0.5, 0.6) is 5.75 Å². The molecule has 3 N–H and O–H groups in total. The fourth-order valence-corrected chi connectivity index (χ4v) is 2.73. The minimum Gasteiger partial charge on any atom is -0.480 e. The van der Waals surface area contributed by atoms with Crippen LogP contribution >= 0.6 is 15.9 Å². The van der Waals surface area contributed by atoms with E-state index in [1.54, 1.807) is 6.07 Å². The van der Waals surface area contributed by atoms with Crippen molar-refractivity contribution < 1.29 is 9.53 Å². The van der Waals surface area contributed by atoms with Crippen LogP contribution in [0.2, 0.25) is 0 Å². The summed E-state index contributed by atoms with van der Waals surface area (Å²) in [4.78, 5) is 13.1. The van der Waals surface area contributed by atoms with Gasteiger partial charge in [0.2, 0.25) is 0 Å². The number of fused-ring (bicyclic) bond motifs is 1. The predicted molar refractivity (Wildman–Crippen MR) is 71.3 cm³/mol. The molecule has 94 valence electrons. The third-order valence-electron chi connectivity index (χ3n) is 2.89. The van der Waals surface area contributed by atoms with Crippen molar-refractivity contribution in [2.45, 2.75) is 0 Å². The molecule has 0 unspecified atom stereocenters. The Morgan fingerprint density at radius 3 is 3.00 bits per heavy atom. The number of halogens is 1. The van der Waals surface area contributed by atoms with Crippen molar-refractivity contribution in [2.24, 2.45) is 0 Å². The SMILES string of the molecule is N=C1NCCN1c1ccc2c(c1Br)OCC(=O)N2. The van der Waals surface area contributed by atoms with Gasteiger partial charge in [0.05, 0.1) is 15.8 Å². The maximum absolute atomic E-state index is 11.2. The van der Waals surface area contributed by atoms with E-state index in [1.165, 1.54) is 0 Å². The molecule has 6 nitrogen and oxygen atoms in total. The Morgan fingerprint density at radius 2 is 2.28 bits per heavy atom. The molecule has 1 aromatic rings. The molecule has 0 aliphatic carbocycles. The lowest BCUT2D eigenvalue weighted by Gasteiger charge is -2.24. The molecule has 0 radical (unpaired) electrons. The summed E-state index contributed by atoms with van der Waals surface area (Å²) in [6.45, 7) is 1.51. The summed E-state index contributed by atoms with van der Waals surface area (Å²) in [5.74, 6) is 0.833. The van der Waals surface area contributed by atoms with Crippen molar-refractivity contribution in [3.8, 4) is 5.75 Å². The fraction of sp³-hybridized carbons (Fsp3) is 0.273. The Labute approximate surface area is 112 Å². The van der Waals surface area contributed by atoms with Crippen molar-refractivity contribution >= 4 is 39.2 Å². The van der Waals surface area contributed by atoms with Crippen LogP contribution in [0.15, 0.2) is 16.6 Å². The number of carbonyl (C=O) groups excluding carboxylic acids is 1. The number of guanidine groups is 1. The second kappa shape index (κ2) is 4.16. The van der Waals surface area contributed by atoms with Gasteiger partial charge in [0.1, 0.15) is 0 Å². The molecule has 3 rings (SSSR count). The highest BCUT2D eigenvalue weighted by molar-refractivity contribution is 9.10. The normalized spacial score (nSPS) is 17.9. The second-order valence-corrected chi connectivity index (χ2v) is 4.83. The molecular weight excluding hydrogens is 300 g/mol. The molecule has 0 spiro atoms. The third-order valence-corrected chi connectivity index (χ3v) is 3.65. The Hall–Kier alpha value is -1.76. The average Bonchev–Trinajstić information content (AvgIpc) is 2.76. The summed E-state index contributed by atoms with van der Waals surface area (Å²) in [6, 6.07) is 3.65. The Bertz CT molecular complexity index is 546. The molecule has 7 heteroatoms. The molecule has 0 aromatic heterocycles. The van der Waals surface area contributed by atoms with Gasteiger partial charge in [0, 0.05) is 13.1 Å². The van der Waals surface area contributed by atoms with Gasteiger partial charge in [-0.25, -0.2) is 0 Å². The summed E-state index contributed by atoms with van der Waals surface area (Å²) in [6.07, 6.45) is 0. The topological polar surface area (TPSA) is 77.5 Å². The van der Waals surface area contributed by atoms with Gasteiger partial charge < -0.3 is 20.3 Å². The molecule has 1 fully saturated rings. The number of rotatable bonds is 1. The van der Waals surface area contributed by atoms with Crippen LogP contribution in [0.25, 0.3) is 0 Å². The van der Waals surface area contributed by atoms with Gasteiger partial charge in [-0.1, -0.05) is 0 Å². The van der Waals surface area contributed by atoms with E-state index in [2.05, 4.69) is 26.6 Å². The molecule has 0 saturated carbocycles. The summed E-state index contributed by atoms with van der Waals surface area (Å²) in [5.41, 5.74) is 1.51. The van der Waals surface area contributed by atoms with Gasteiger partial charge in [0.25, 0.3) is 5.91 Å². The number of amides is 1. The van der Waals surface area contributed by atoms with Gasteiger partial charge in [-0.05, 0) is 28.1 Å². The van der Waals surface area contributed by atoms with Gasteiger partial charge in [0.15, 0.2) is 18.3 Å². The Kier molecular flexibility index (Phi) is 2.62. The van der Waals surface area contributed by atoms with Crippen LogP contribution < -0.4 is 20.3 Å². The highest BCUT2D eigenvalue weighted by Crippen LogP contribution is 2.42. The van der Waals surface area contributed by atoms with E-state index in [-0.39, 0.29) is 12.5 Å². The van der Waals surface area contributed by atoms with Crippen molar-refractivity contribution in [3.63, 3.8) is 0 Å². The third kappa shape index (κ3) is 1.71. The number of nitrogens with zero attached hydrogens (tertiary/aromatic N) is 1. The lowest BCUT2D eigenvalue weighted by Crippen LogP contribution is -2.30. The Balaban J connectivity index is 2.03. The maximum Gasteiger partial charge on any atom is 0.262 e. The van der Waals surface area contributed by atoms with E-state index < -0.39 is 0 Å². The minimum absolute atomic E-state index is 0.0186. The first-order valence-corrected chi connectivity index (χ1v) is 6.31. The van der Waals surface area contributed by atoms with Gasteiger partial charge in [-0.3, -0.25) is 10.2 Å². The van der Waals surface area contributed by atoms with Crippen LogP contribution in [-0.4, -0.2) is 31.6 Å². The van der Waals surface area contributed by atoms with E-state index in [0.29, 0.717) is 17.4 Å². The van der Waals surface area contributed by atoms with Crippen LogP contribution in [0.3, 0.4) is 0 Å². The smallest absolute Gasteiger partial charge is 0.262 e. The van der Waals surface area contributed by atoms with E-state index in [0.717, 1.165) is 23.2 Å². The molecule has 1 amide bonds. The predicted octanol–water partition coefficient (Wildman–Crippen LogP) is 1.12. The molecular formula is C11H11BrN4O2. The first-order chi connectivity index (χ1) is 8.66. The first kappa shape index (κ1) is 11.3. The van der Waals surface area contributed by atoms with Crippen LogP contribution in [0, 0.1) is 5.41 Å². The minimum atomic E-state index is -0.155. The van der Waals surface area contributed by atoms with E-state index in [4.69, 9.17) is 10.1 Å². The zero-order valence-corrected chi connectivity index (χ0v) is 11.0. The van der Waals surface area contributed by atoms with E-state index in [1.807, 2.05) is 11.0 Å². The molecule has 2 aliphatic heterocycles. The number of carbonyl (C=O) groups is 1. The number of hydrogen-bond donors (Lipinski definition) is 3. The van der Waals surface area contributed by atoms with Crippen LogP contribution in [-0.2, 0) is 4.79 Å². The van der Waals surface area contributed by atoms with E-state index >= 15 is 0 Å². The highest BCUT2D eigenvalue weighted by atomic mass is 79.9. The summed E-state index contributed by atoms with van der Waals surface area (Å²) in [7, 11) is 0. The van der Waals surface area contributed by atoms with Gasteiger partial charge in [-0.2, -0.15) is 0 Å². The first-order valence-electron chi connectivity index (χ1n) is 5.52. The van der Waals surface area contributed by atoms with Crippen molar-refractivity contribution in [3.05, 3.63) is 16.6 Å². The Morgan fingerprint density at radius 1 is 1.44 bits per heavy atom. The molecule has 1 saturated heterocycles. The summed E-state index contributed by atoms with van der Waals surface area (Å²) < 4.78 is 6.18. The highest BCUT2D eigenvalue weighted by Gasteiger charge is 2.25. The van der Waals surface area contributed by atoms with Gasteiger partial charge >= 0.3 is 0 Å². The van der Waals surface area contributed by atoms with Crippen molar-refractivity contribution in [2.75, 3.05) is 29.9 Å². The lowest BCUT2D eigenvalue weighted by atomic mass is 10.2. The van der Waals surface area contributed by atoms with Crippen LogP contribution in [0.4, 0.5) is 11.4 Å². The fourth-order valence-electron chi connectivity index (χ4n) is 2.05. The largest absolute Gasteiger partial charge is 0.480 e. The zero-order valence-electron chi connectivity index (χ0n) is 9.42. The molecule has 18 heavy (non-hydrogen) atoms.